The molecule has 3 N–H and O–H groups in total. The summed E-state index contributed by atoms with van der Waals surface area (Å²) in [5, 5.41) is 15.9. The molecule has 2 unspecified atom stereocenters. The molecule has 0 fully saturated rings. The van der Waals surface area contributed by atoms with Crippen LogP contribution >= 0.6 is 20.6 Å². The zero-order valence-corrected chi connectivity index (χ0v) is 21.0. The molecule has 6 heteroatoms. The molecule has 3 nitrogen and oxygen atoms in total. The Morgan fingerprint density at radius 3 is 2.52 bits per heavy atom. The zero-order valence-electron chi connectivity index (χ0n) is 19.0. The Kier molecular flexibility index (Phi) is 7.72. The first-order valence-corrected chi connectivity index (χ1v) is 12.4. The molecule has 1 aliphatic heterocycles. The molecule has 0 aliphatic carbocycles. The molecular weight excluding hydrogens is 424 g/mol. The molecule has 0 bridgehead atoms. The van der Waals surface area contributed by atoms with E-state index < -0.39 is 0 Å². The van der Waals surface area contributed by atoms with Crippen LogP contribution < -0.4 is 15.9 Å². The Hall–Kier alpha value is -1.97. The molecule has 31 heavy (non-hydrogen) atoms. The molecule has 2 aromatic rings. The first kappa shape index (κ1) is 23.7. The minimum atomic E-state index is -0.200. The normalized spacial score (nSPS) is 16.6. The third kappa shape index (κ3) is 5.10. The second-order valence-corrected chi connectivity index (χ2v) is 9.79. The predicted octanol–water partition coefficient (Wildman–Crippen LogP) is 6.23. The topological polar surface area (TPSA) is 47.9 Å². The Bertz CT molecular complexity index is 1030. The molecule has 0 spiro atoms. The number of thiophene rings is 1. The molecule has 1 aromatic heterocycles. The summed E-state index contributed by atoms with van der Waals surface area (Å²) in [7, 11) is 2.44. The standard InChI is InChI=1S/C25H33FN3PS/c1-6-16(7-2)19(11-14(4)27)25-28-15(5)23(29-25)24-17(8-3)13-22(31-24)18-9-10-21(30)20(26)12-18/h9-13,16,25,27-29H,6-8,30H2,1-5H3/b19-11-,27-14?. The van der Waals surface area contributed by atoms with Gasteiger partial charge in [-0.05, 0) is 73.9 Å². The van der Waals surface area contributed by atoms with Crippen molar-refractivity contribution in [1.82, 2.24) is 10.6 Å². The lowest BCUT2D eigenvalue weighted by Gasteiger charge is -2.25. The average Bonchev–Trinajstić information content (AvgIpc) is 3.33. The van der Waals surface area contributed by atoms with Crippen LogP contribution in [-0.2, 0) is 6.42 Å². The van der Waals surface area contributed by atoms with Crippen molar-refractivity contribution < 1.29 is 4.39 Å². The lowest BCUT2D eigenvalue weighted by atomic mass is 9.90. The number of halogens is 1. The van der Waals surface area contributed by atoms with Crippen LogP contribution in [0.15, 0.2) is 41.6 Å². The molecule has 2 heterocycles. The Morgan fingerprint density at radius 2 is 1.94 bits per heavy atom. The van der Waals surface area contributed by atoms with Crippen molar-refractivity contribution in [3.8, 4) is 10.4 Å². The number of allylic oxidation sites excluding steroid dienone is 2. The van der Waals surface area contributed by atoms with Crippen molar-refractivity contribution in [3.05, 3.63) is 57.9 Å². The van der Waals surface area contributed by atoms with E-state index in [0.29, 0.717) is 16.9 Å². The van der Waals surface area contributed by atoms with E-state index in [9.17, 15) is 4.39 Å². The number of benzene rings is 1. The Balaban J connectivity index is 1.96. The molecular formula is C25H33FN3PS. The van der Waals surface area contributed by atoms with Gasteiger partial charge < -0.3 is 16.0 Å². The molecule has 0 radical (unpaired) electrons. The number of nitrogens with one attached hydrogen (secondary N) is 3. The summed E-state index contributed by atoms with van der Waals surface area (Å²) in [6.07, 6.45) is 5.00. The lowest BCUT2D eigenvalue weighted by Crippen LogP contribution is -2.37. The molecule has 0 amide bonds. The lowest BCUT2D eigenvalue weighted by molar-refractivity contribution is 0.492. The summed E-state index contributed by atoms with van der Waals surface area (Å²) in [4.78, 5) is 2.28. The van der Waals surface area contributed by atoms with Crippen LogP contribution in [0, 0.1) is 17.1 Å². The highest BCUT2D eigenvalue weighted by atomic mass is 32.1. The van der Waals surface area contributed by atoms with Gasteiger partial charge in [-0.1, -0.05) is 32.9 Å². The van der Waals surface area contributed by atoms with Gasteiger partial charge >= 0.3 is 0 Å². The summed E-state index contributed by atoms with van der Waals surface area (Å²) in [6.45, 7) is 10.5. The zero-order chi connectivity index (χ0) is 22.7. The Labute approximate surface area is 191 Å². The second kappa shape index (κ2) is 10.1. The third-order valence-electron chi connectivity index (χ3n) is 5.90. The van der Waals surface area contributed by atoms with Crippen molar-refractivity contribution in [2.75, 3.05) is 0 Å². The van der Waals surface area contributed by atoms with E-state index in [1.807, 2.05) is 25.1 Å². The van der Waals surface area contributed by atoms with Gasteiger partial charge in [-0.25, -0.2) is 4.39 Å². The van der Waals surface area contributed by atoms with E-state index in [1.54, 1.807) is 17.4 Å². The summed E-state index contributed by atoms with van der Waals surface area (Å²) in [5.74, 6) is 0.226. The van der Waals surface area contributed by atoms with Gasteiger partial charge in [0.15, 0.2) is 0 Å². The SMILES string of the molecule is CCc1cc(-c2ccc(P)c(F)c2)sc1C1=C(C)NC(/C(=C\C(C)=N)C(CC)CC)N1. The van der Waals surface area contributed by atoms with E-state index in [2.05, 4.69) is 53.6 Å². The van der Waals surface area contributed by atoms with Crippen molar-refractivity contribution in [2.24, 2.45) is 5.92 Å². The van der Waals surface area contributed by atoms with Crippen molar-refractivity contribution in [2.45, 2.75) is 60.0 Å². The largest absolute Gasteiger partial charge is 0.364 e. The summed E-state index contributed by atoms with van der Waals surface area (Å²) in [5.41, 5.74) is 6.20. The van der Waals surface area contributed by atoms with Gasteiger partial charge in [0.1, 0.15) is 12.0 Å². The minimum absolute atomic E-state index is 0.00991. The van der Waals surface area contributed by atoms with Gasteiger partial charge in [-0.15, -0.1) is 20.6 Å². The monoisotopic (exact) mass is 457 g/mol. The van der Waals surface area contributed by atoms with E-state index in [4.69, 9.17) is 5.41 Å². The fourth-order valence-electron chi connectivity index (χ4n) is 4.15. The average molecular weight is 458 g/mol. The number of hydrogen-bond acceptors (Lipinski definition) is 4. The van der Waals surface area contributed by atoms with Crippen molar-refractivity contribution in [1.29, 1.82) is 5.41 Å². The van der Waals surface area contributed by atoms with Gasteiger partial charge in [0.2, 0.25) is 0 Å². The quantitative estimate of drug-likeness (QED) is 0.325. The maximum absolute atomic E-state index is 14.1. The first-order chi connectivity index (χ1) is 14.8. The number of aryl methyl sites for hydroxylation is 1. The molecule has 0 saturated carbocycles. The smallest absolute Gasteiger partial charge is 0.130 e. The molecule has 0 saturated heterocycles. The fraction of sp³-hybridized carbons (Fsp3) is 0.400. The molecule has 166 valence electrons. The summed E-state index contributed by atoms with van der Waals surface area (Å²) < 4.78 is 14.1. The number of hydrogen-bond donors (Lipinski definition) is 3. The highest BCUT2D eigenvalue weighted by Crippen LogP contribution is 2.38. The first-order valence-electron chi connectivity index (χ1n) is 11.0. The maximum atomic E-state index is 14.1. The molecule has 1 aliphatic rings. The van der Waals surface area contributed by atoms with Gasteiger partial charge in [-0.3, -0.25) is 0 Å². The van der Waals surface area contributed by atoms with Crippen LogP contribution in [0.4, 0.5) is 4.39 Å². The second-order valence-electron chi connectivity index (χ2n) is 8.12. The summed E-state index contributed by atoms with van der Waals surface area (Å²) >= 11 is 1.70. The van der Waals surface area contributed by atoms with Crippen LogP contribution in [0.25, 0.3) is 16.1 Å². The van der Waals surface area contributed by atoms with Crippen LogP contribution in [0.5, 0.6) is 0 Å². The van der Waals surface area contributed by atoms with Crippen molar-refractivity contribution in [3.63, 3.8) is 0 Å². The highest BCUT2D eigenvalue weighted by molar-refractivity contribution is 7.27. The van der Waals surface area contributed by atoms with Crippen LogP contribution in [0.2, 0.25) is 0 Å². The molecule has 3 rings (SSSR count). The Morgan fingerprint density at radius 1 is 1.23 bits per heavy atom. The minimum Gasteiger partial charge on any atom is -0.364 e. The van der Waals surface area contributed by atoms with Crippen LogP contribution in [0.1, 0.15) is 57.9 Å². The van der Waals surface area contributed by atoms with Gasteiger partial charge in [0.25, 0.3) is 0 Å². The number of rotatable bonds is 8. The van der Waals surface area contributed by atoms with Gasteiger partial charge in [0.05, 0.1) is 10.6 Å². The fourth-order valence-corrected chi connectivity index (χ4v) is 5.65. The predicted molar refractivity (Wildman–Crippen MR) is 137 cm³/mol. The highest BCUT2D eigenvalue weighted by Gasteiger charge is 2.29. The van der Waals surface area contributed by atoms with Gasteiger partial charge in [-0.2, -0.15) is 0 Å². The van der Waals surface area contributed by atoms with E-state index in [0.717, 1.165) is 41.1 Å². The van der Waals surface area contributed by atoms with Crippen LogP contribution in [0.3, 0.4) is 0 Å². The third-order valence-corrected chi connectivity index (χ3v) is 7.61. The van der Waals surface area contributed by atoms with Crippen molar-refractivity contribution >= 4 is 37.3 Å². The van der Waals surface area contributed by atoms with E-state index in [1.165, 1.54) is 16.0 Å². The molecule has 1 aromatic carbocycles. The van der Waals surface area contributed by atoms with E-state index in [-0.39, 0.29) is 12.0 Å². The van der Waals surface area contributed by atoms with E-state index >= 15 is 0 Å². The van der Waals surface area contributed by atoms with Gasteiger partial charge in [0, 0.05) is 21.6 Å². The molecule has 2 atom stereocenters. The summed E-state index contributed by atoms with van der Waals surface area (Å²) in [6, 6.07) is 7.59. The maximum Gasteiger partial charge on any atom is 0.130 e. The van der Waals surface area contributed by atoms with Crippen LogP contribution in [-0.4, -0.2) is 11.9 Å².